The van der Waals surface area contributed by atoms with Gasteiger partial charge in [-0.2, -0.15) is 18.2 Å². The van der Waals surface area contributed by atoms with Crippen LogP contribution in [-0.4, -0.2) is 36.1 Å². The largest absolute Gasteiger partial charge is 0.417 e. The van der Waals surface area contributed by atoms with Crippen molar-refractivity contribution in [1.29, 1.82) is 0 Å². The molecule has 8 nitrogen and oxygen atoms in total. The number of tetrazole rings is 1. The highest BCUT2D eigenvalue weighted by atomic mass is 32.1. The van der Waals surface area contributed by atoms with Gasteiger partial charge in [-0.1, -0.05) is 41.7 Å². The number of anilines is 1. The fourth-order valence-corrected chi connectivity index (χ4v) is 3.45. The molecule has 0 unspecified atom stereocenters. The van der Waals surface area contributed by atoms with Crippen LogP contribution in [0.4, 0.5) is 18.3 Å². The summed E-state index contributed by atoms with van der Waals surface area (Å²) in [5.41, 5.74) is -0.254. The second-order valence-corrected chi connectivity index (χ2v) is 6.65. The first-order chi connectivity index (χ1) is 13.4. The Kier molecular flexibility index (Phi) is 4.47. The SMILES string of the molecule is O=C(Cn1cnnn1)Nc1nc2nc(-c3ccccc3)cc(C(F)(F)F)c2s1. The van der Waals surface area contributed by atoms with E-state index in [9.17, 15) is 18.0 Å². The number of fused-ring (bicyclic) bond motifs is 1. The van der Waals surface area contributed by atoms with Crippen LogP contribution in [0, 0.1) is 0 Å². The van der Waals surface area contributed by atoms with Crippen LogP contribution in [0.15, 0.2) is 42.7 Å². The van der Waals surface area contributed by atoms with E-state index < -0.39 is 17.6 Å². The number of benzene rings is 1. The Labute approximate surface area is 159 Å². The summed E-state index contributed by atoms with van der Waals surface area (Å²) in [6, 6.07) is 9.49. The monoisotopic (exact) mass is 405 g/mol. The molecule has 28 heavy (non-hydrogen) atoms. The Morgan fingerprint density at radius 2 is 1.96 bits per heavy atom. The molecule has 4 rings (SSSR count). The van der Waals surface area contributed by atoms with Gasteiger partial charge in [0, 0.05) is 5.56 Å². The summed E-state index contributed by atoms with van der Waals surface area (Å²) in [4.78, 5) is 20.3. The van der Waals surface area contributed by atoms with Crippen LogP contribution in [-0.2, 0) is 17.5 Å². The fraction of sp³-hybridized carbons (Fsp3) is 0.125. The molecule has 0 aliphatic carbocycles. The molecule has 12 heteroatoms. The number of carbonyl (C=O) groups is 1. The van der Waals surface area contributed by atoms with E-state index in [0.29, 0.717) is 16.9 Å². The summed E-state index contributed by atoms with van der Waals surface area (Å²) >= 11 is 0.709. The molecule has 0 bridgehead atoms. The maximum Gasteiger partial charge on any atom is 0.417 e. The molecular formula is C16H10F3N7OS. The van der Waals surface area contributed by atoms with Crippen LogP contribution in [0.2, 0.25) is 0 Å². The Balaban J connectivity index is 1.72. The maximum absolute atomic E-state index is 13.6. The van der Waals surface area contributed by atoms with Crippen LogP contribution in [0.1, 0.15) is 5.56 Å². The number of aromatic nitrogens is 6. The molecule has 0 spiro atoms. The van der Waals surface area contributed by atoms with Crippen molar-refractivity contribution < 1.29 is 18.0 Å². The molecule has 1 N–H and O–H groups in total. The zero-order valence-corrected chi connectivity index (χ0v) is 14.7. The lowest BCUT2D eigenvalue weighted by Crippen LogP contribution is -2.19. The molecule has 1 aromatic carbocycles. The van der Waals surface area contributed by atoms with E-state index in [1.807, 2.05) is 0 Å². The minimum absolute atomic E-state index is 0.0105. The van der Waals surface area contributed by atoms with E-state index in [2.05, 4.69) is 30.8 Å². The summed E-state index contributed by atoms with van der Waals surface area (Å²) in [5.74, 6) is -0.525. The standard InChI is InChI=1S/C16H10F3N7OS/c17-16(18,19)10-6-11(9-4-2-1-3-5-9)21-14-13(10)28-15(23-14)22-12(27)7-26-8-20-24-25-26/h1-6,8H,7H2,(H,21,22,23,27). The van der Waals surface area contributed by atoms with Gasteiger partial charge >= 0.3 is 6.18 Å². The molecular weight excluding hydrogens is 395 g/mol. The van der Waals surface area contributed by atoms with Crippen molar-refractivity contribution in [2.24, 2.45) is 0 Å². The summed E-state index contributed by atoms with van der Waals surface area (Å²) < 4.78 is 41.8. The van der Waals surface area contributed by atoms with Gasteiger partial charge in [0.1, 0.15) is 12.9 Å². The van der Waals surface area contributed by atoms with Crippen LogP contribution >= 0.6 is 11.3 Å². The van der Waals surface area contributed by atoms with Crippen LogP contribution in [0.3, 0.4) is 0 Å². The molecule has 0 radical (unpaired) electrons. The Morgan fingerprint density at radius 1 is 1.18 bits per heavy atom. The third kappa shape index (κ3) is 3.67. The van der Waals surface area contributed by atoms with E-state index in [0.717, 1.165) is 6.07 Å². The average Bonchev–Trinajstić information content (AvgIpc) is 3.29. The van der Waals surface area contributed by atoms with Crippen molar-refractivity contribution in [2.75, 3.05) is 5.32 Å². The lowest BCUT2D eigenvalue weighted by Gasteiger charge is -2.09. The number of hydrogen-bond acceptors (Lipinski definition) is 7. The summed E-state index contributed by atoms with van der Waals surface area (Å²) in [5, 5.41) is 12.8. The first kappa shape index (κ1) is 18.0. The molecule has 1 amide bonds. The number of alkyl halides is 3. The minimum atomic E-state index is -4.59. The third-order valence-electron chi connectivity index (χ3n) is 3.68. The van der Waals surface area contributed by atoms with Gasteiger partial charge in [-0.3, -0.25) is 4.79 Å². The maximum atomic E-state index is 13.6. The quantitative estimate of drug-likeness (QED) is 0.561. The number of carbonyl (C=O) groups excluding carboxylic acids is 1. The predicted molar refractivity (Wildman–Crippen MR) is 94.3 cm³/mol. The van der Waals surface area contributed by atoms with Gasteiger partial charge in [0.2, 0.25) is 5.91 Å². The molecule has 0 saturated carbocycles. The normalized spacial score (nSPS) is 11.7. The lowest BCUT2D eigenvalue weighted by molar-refractivity contribution is -0.136. The first-order valence-electron chi connectivity index (χ1n) is 7.85. The number of rotatable bonds is 4. The van der Waals surface area contributed by atoms with Crippen LogP contribution < -0.4 is 5.32 Å². The van der Waals surface area contributed by atoms with Gasteiger partial charge in [-0.15, -0.1) is 5.10 Å². The number of nitrogens with zero attached hydrogens (tertiary/aromatic N) is 6. The van der Waals surface area contributed by atoms with Gasteiger partial charge in [0.15, 0.2) is 10.8 Å². The smallest absolute Gasteiger partial charge is 0.300 e. The van der Waals surface area contributed by atoms with E-state index in [1.54, 1.807) is 30.3 Å². The highest BCUT2D eigenvalue weighted by Gasteiger charge is 2.35. The van der Waals surface area contributed by atoms with Crippen molar-refractivity contribution in [3.05, 3.63) is 48.3 Å². The van der Waals surface area contributed by atoms with Gasteiger partial charge in [-0.25, -0.2) is 9.67 Å². The highest BCUT2D eigenvalue weighted by molar-refractivity contribution is 7.22. The summed E-state index contributed by atoms with van der Waals surface area (Å²) in [6.07, 6.45) is -3.35. The number of thiazole rings is 1. The summed E-state index contributed by atoms with van der Waals surface area (Å²) in [7, 11) is 0. The zero-order chi connectivity index (χ0) is 19.7. The molecule has 3 aromatic heterocycles. The molecule has 0 saturated heterocycles. The van der Waals surface area contributed by atoms with E-state index in [1.165, 1.54) is 11.0 Å². The Hall–Kier alpha value is -3.41. The van der Waals surface area contributed by atoms with Gasteiger partial charge < -0.3 is 5.32 Å². The molecule has 0 aliphatic heterocycles. The lowest BCUT2D eigenvalue weighted by atomic mass is 10.1. The molecule has 4 aromatic rings. The topological polar surface area (TPSA) is 98.5 Å². The van der Waals surface area contributed by atoms with E-state index in [-0.39, 0.29) is 27.7 Å². The van der Waals surface area contributed by atoms with Crippen molar-refractivity contribution in [2.45, 2.75) is 12.7 Å². The number of amides is 1. The van der Waals surface area contributed by atoms with Gasteiger partial charge in [0.25, 0.3) is 0 Å². The fourth-order valence-electron chi connectivity index (χ4n) is 2.49. The van der Waals surface area contributed by atoms with Gasteiger partial charge in [-0.05, 0) is 16.5 Å². The van der Waals surface area contributed by atoms with E-state index >= 15 is 0 Å². The number of halogens is 3. The van der Waals surface area contributed by atoms with Crippen molar-refractivity contribution >= 4 is 32.7 Å². The van der Waals surface area contributed by atoms with Crippen LogP contribution in [0.25, 0.3) is 21.6 Å². The number of pyridine rings is 1. The van der Waals surface area contributed by atoms with Crippen molar-refractivity contribution in [3.8, 4) is 11.3 Å². The Morgan fingerprint density at radius 3 is 2.64 bits per heavy atom. The second-order valence-electron chi connectivity index (χ2n) is 5.65. The van der Waals surface area contributed by atoms with E-state index in [4.69, 9.17) is 0 Å². The minimum Gasteiger partial charge on any atom is -0.300 e. The molecule has 0 aliphatic rings. The highest BCUT2D eigenvalue weighted by Crippen LogP contribution is 2.40. The molecule has 3 heterocycles. The van der Waals surface area contributed by atoms with Crippen molar-refractivity contribution in [3.63, 3.8) is 0 Å². The van der Waals surface area contributed by atoms with Crippen molar-refractivity contribution in [1.82, 2.24) is 30.2 Å². The molecule has 0 fully saturated rings. The second kappa shape index (κ2) is 6.96. The Bertz CT molecular complexity index is 1130. The zero-order valence-electron chi connectivity index (χ0n) is 13.9. The van der Waals surface area contributed by atoms with Gasteiger partial charge in [0.05, 0.1) is 16.0 Å². The predicted octanol–water partition coefficient (Wildman–Crippen LogP) is 3.00. The number of nitrogens with one attached hydrogen (secondary N) is 1. The first-order valence-corrected chi connectivity index (χ1v) is 8.66. The molecule has 142 valence electrons. The number of hydrogen-bond donors (Lipinski definition) is 1. The molecule has 0 atom stereocenters. The average molecular weight is 405 g/mol. The summed E-state index contributed by atoms with van der Waals surface area (Å²) in [6.45, 7) is -0.197. The van der Waals surface area contributed by atoms with Crippen LogP contribution in [0.5, 0.6) is 0 Å². The third-order valence-corrected chi connectivity index (χ3v) is 4.67.